The highest BCUT2D eigenvalue weighted by molar-refractivity contribution is 7.91. The summed E-state index contributed by atoms with van der Waals surface area (Å²) < 4.78 is 43.7. The third-order valence-electron chi connectivity index (χ3n) is 4.40. The van der Waals surface area contributed by atoms with Gasteiger partial charge in [-0.25, -0.2) is 13.2 Å². The van der Waals surface area contributed by atoms with Crippen LogP contribution in [0, 0.1) is 0 Å². The lowest BCUT2D eigenvalue weighted by Gasteiger charge is -2.23. The molecular weight excluding hydrogens is 378 g/mol. The van der Waals surface area contributed by atoms with Crippen molar-refractivity contribution in [1.82, 2.24) is 4.90 Å². The number of ether oxygens (including phenoxy) is 4. The molecule has 9 nitrogen and oxygen atoms in total. The molecule has 0 bridgehead atoms. The number of likely N-dealkylation sites (N-methyl/N-ethyl adjacent to an activating group) is 1. The normalized spacial score (nSPS) is 17.9. The van der Waals surface area contributed by atoms with Gasteiger partial charge in [0.05, 0.1) is 32.8 Å². The highest BCUT2D eigenvalue weighted by Crippen LogP contribution is 2.39. The Morgan fingerprint density at radius 2 is 1.78 bits per heavy atom. The van der Waals surface area contributed by atoms with E-state index in [4.69, 9.17) is 18.9 Å². The fourth-order valence-electron chi connectivity index (χ4n) is 2.85. The van der Waals surface area contributed by atoms with Crippen LogP contribution in [0.25, 0.3) is 0 Å². The highest BCUT2D eigenvalue weighted by Gasteiger charge is 2.33. The van der Waals surface area contributed by atoms with Gasteiger partial charge in [0, 0.05) is 13.1 Å². The topological polar surface area (TPSA) is 108 Å². The number of methoxy groups -OCH3 is 3. The van der Waals surface area contributed by atoms with Gasteiger partial charge in [0.2, 0.25) is 5.75 Å². The van der Waals surface area contributed by atoms with Gasteiger partial charge >= 0.3 is 5.97 Å². The van der Waals surface area contributed by atoms with E-state index in [1.165, 1.54) is 45.4 Å². The van der Waals surface area contributed by atoms with E-state index in [9.17, 15) is 18.0 Å². The van der Waals surface area contributed by atoms with Gasteiger partial charge in [-0.2, -0.15) is 0 Å². The first-order chi connectivity index (χ1) is 12.7. The average Bonchev–Trinajstić information content (AvgIpc) is 3.03. The summed E-state index contributed by atoms with van der Waals surface area (Å²) in [7, 11) is 2.61. The van der Waals surface area contributed by atoms with Crippen LogP contribution in [0.1, 0.15) is 16.8 Å². The lowest BCUT2D eigenvalue weighted by Crippen LogP contribution is -2.40. The highest BCUT2D eigenvalue weighted by atomic mass is 32.2. The number of carbonyl (C=O) groups excluding carboxylic acids is 2. The van der Waals surface area contributed by atoms with Gasteiger partial charge < -0.3 is 23.8 Å². The molecular formula is C17H23NO8S. The summed E-state index contributed by atoms with van der Waals surface area (Å²) in [6.07, 6.45) is 0.377. The Balaban J connectivity index is 2.06. The molecule has 1 aromatic carbocycles. The molecule has 0 unspecified atom stereocenters. The maximum atomic E-state index is 12.4. The van der Waals surface area contributed by atoms with Crippen molar-refractivity contribution in [3.05, 3.63) is 17.7 Å². The average molecular weight is 401 g/mol. The SMILES string of the molecule is COc1ccc(C(=O)OCC(=O)N(C)[C@H]2CCS(=O)(=O)C2)c(OC)c1OC. The van der Waals surface area contributed by atoms with Crippen LogP contribution < -0.4 is 14.2 Å². The molecule has 1 saturated heterocycles. The lowest BCUT2D eigenvalue weighted by molar-refractivity contribution is -0.134. The Morgan fingerprint density at radius 3 is 2.30 bits per heavy atom. The number of carbonyl (C=O) groups is 2. The molecule has 1 aliphatic heterocycles. The summed E-state index contributed by atoms with van der Waals surface area (Å²) in [5.74, 6) is -0.536. The molecule has 1 heterocycles. The fraction of sp³-hybridized carbons (Fsp3) is 0.529. The van der Waals surface area contributed by atoms with E-state index in [0.29, 0.717) is 12.2 Å². The first-order valence-corrected chi connectivity index (χ1v) is 9.98. The number of hydrogen-bond acceptors (Lipinski definition) is 8. The van der Waals surface area contributed by atoms with Crippen molar-refractivity contribution in [1.29, 1.82) is 0 Å². The number of amides is 1. The molecule has 1 aromatic rings. The van der Waals surface area contributed by atoms with E-state index >= 15 is 0 Å². The van der Waals surface area contributed by atoms with Crippen molar-refractivity contribution in [3.8, 4) is 17.2 Å². The molecule has 0 aromatic heterocycles. The van der Waals surface area contributed by atoms with E-state index in [0.717, 1.165) is 0 Å². The van der Waals surface area contributed by atoms with Crippen LogP contribution in [-0.4, -0.2) is 77.7 Å². The quantitative estimate of drug-likeness (QED) is 0.608. The van der Waals surface area contributed by atoms with Gasteiger partial charge in [-0.3, -0.25) is 4.79 Å². The maximum Gasteiger partial charge on any atom is 0.342 e. The Labute approximate surface area is 158 Å². The Hall–Kier alpha value is -2.49. The number of esters is 1. The van der Waals surface area contributed by atoms with Gasteiger partial charge in [-0.15, -0.1) is 0 Å². The second-order valence-electron chi connectivity index (χ2n) is 6.02. The zero-order valence-electron chi connectivity index (χ0n) is 15.7. The number of benzene rings is 1. The van der Waals surface area contributed by atoms with Gasteiger partial charge in [0.25, 0.3) is 5.91 Å². The summed E-state index contributed by atoms with van der Waals surface area (Å²) in [4.78, 5) is 25.9. The number of rotatable bonds is 7. The number of sulfone groups is 1. The van der Waals surface area contributed by atoms with E-state index in [1.807, 2.05) is 0 Å². The smallest absolute Gasteiger partial charge is 0.342 e. The summed E-state index contributed by atoms with van der Waals surface area (Å²) in [5.41, 5.74) is 0.0778. The summed E-state index contributed by atoms with van der Waals surface area (Å²) in [6, 6.07) is 2.56. The lowest BCUT2D eigenvalue weighted by atomic mass is 10.1. The van der Waals surface area contributed by atoms with Gasteiger partial charge in [-0.1, -0.05) is 0 Å². The molecule has 27 heavy (non-hydrogen) atoms. The standard InChI is InChI=1S/C17H23NO8S/c1-18(11-7-8-27(21,22)10-11)14(19)9-26-17(20)12-5-6-13(23-2)16(25-4)15(12)24-3/h5-6,11H,7-10H2,1-4H3/t11-/m0/s1. The van der Waals surface area contributed by atoms with Crippen molar-refractivity contribution in [2.45, 2.75) is 12.5 Å². The molecule has 0 N–H and O–H groups in total. The van der Waals surface area contributed by atoms with Crippen molar-refractivity contribution in [2.24, 2.45) is 0 Å². The summed E-state index contributed by atoms with van der Waals surface area (Å²) in [6.45, 7) is -0.511. The second-order valence-corrected chi connectivity index (χ2v) is 8.25. The van der Waals surface area contributed by atoms with Crippen molar-refractivity contribution in [3.63, 3.8) is 0 Å². The minimum Gasteiger partial charge on any atom is -0.493 e. The van der Waals surface area contributed by atoms with Crippen LogP contribution in [0.4, 0.5) is 0 Å². The second kappa shape index (κ2) is 8.47. The van der Waals surface area contributed by atoms with Crippen LogP contribution in [0.2, 0.25) is 0 Å². The number of hydrogen-bond donors (Lipinski definition) is 0. The van der Waals surface area contributed by atoms with Crippen molar-refractivity contribution < 1.29 is 37.0 Å². The first-order valence-electron chi connectivity index (χ1n) is 8.16. The molecule has 10 heteroatoms. The Kier molecular flexibility index (Phi) is 6.53. The third-order valence-corrected chi connectivity index (χ3v) is 6.15. The molecule has 0 radical (unpaired) electrons. The Bertz CT molecular complexity index is 820. The first kappa shape index (κ1) is 20.8. The molecule has 0 spiro atoms. The molecule has 1 atom stereocenters. The van der Waals surface area contributed by atoms with E-state index < -0.39 is 34.4 Å². The Morgan fingerprint density at radius 1 is 1.11 bits per heavy atom. The fourth-order valence-corrected chi connectivity index (χ4v) is 4.63. The molecule has 1 amide bonds. The molecule has 0 aliphatic carbocycles. The van der Waals surface area contributed by atoms with E-state index in [1.54, 1.807) is 0 Å². The van der Waals surface area contributed by atoms with Crippen LogP contribution in [0.3, 0.4) is 0 Å². The monoisotopic (exact) mass is 401 g/mol. The minimum atomic E-state index is -3.12. The molecule has 2 rings (SSSR count). The van der Waals surface area contributed by atoms with Gasteiger partial charge in [0.1, 0.15) is 5.56 Å². The van der Waals surface area contributed by atoms with Crippen LogP contribution >= 0.6 is 0 Å². The zero-order chi connectivity index (χ0) is 20.2. The molecule has 150 valence electrons. The van der Waals surface area contributed by atoms with E-state index in [-0.39, 0.29) is 28.6 Å². The molecule has 0 saturated carbocycles. The summed E-state index contributed by atoms with van der Waals surface area (Å²) >= 11 is 0. The van der Waals surface area contributed by atoms with Crippen molar-refractivity contribution in [2.75, 3.05) is 46.5 Å². The summed E-state index contributed by atoms with van der Waals surface area (Å²) in [5, 5.41) is 0. The van der Waals surface area contributed by atoms with Gasteiger partial charge in [-0.05, 0) is 18.6 Å². The third kappa shape index (κ3) is 4.62. The minimum absolute atomic E-state index is 0.0535. The predicted molar refractivity (Wildman–Crippen MR) is 96.2 cm³/mol. The van der Waals surface area contributed by atoms with Crippen LogP contribution in [0.5, 0.6) is 17.2 Å². The number of nitrogens with zero attached hydrogens (tertiary/aromatic N) is 1. The van der Waals surface area contributed by atoms with Crippen LogP contribution in [-0.2, 0) is 19.4 Å². The van der Waals surface area contributed by atoms with Crippen LogP contribution in [0.15, 0.2) is 12.1 Å². The maximum absolute atomic E-state index is 12.4. The molecule has 1 aliphatic rings. The van der Waals surface area contributed by atoms with Crippen molar-refractivity contribution >= 4 is 21.7 Å². The molecule has 1 fully saturated rings. The van der Waals surface area contributed by atoms with Gasteiger partial charge in [0.15, 0.2) is 27.9 Å². The van der Waals surface area contributed by atoms with E-state index in [2.05, 4.69) is 0 Å². The predicted octanol–water partition coefficient (Wildman–Crippen LogP) is 0.515. The largest absolute Gasteiger partial charge is 0.493 e. The zero-order valence-corrected chi connectivity index (χ0v) is 16.5.